The van der Waals surface area contributed by atoms with Crippen LogP contribution in [0.25, 0.3) is 0 Å². The molecule has 0 radical (unpaired) electrons. The largest absolute Gasteiger partial charge is 0.481 e. The van der Waals surface area contributed by atoms with Gasteiger partial charge in [-0.15, -0.1) is 0 Å². The fourth-order valence-electron chi connectivity index (χ4n) is 4.08. The topological polar surface area (TPSA) is 37.3 Å². The van der Waals surface area contributed by atoms with Crippen molar-refractivity contribution in [3.05, 3.63) is 35.4 Å². The second-order valence-electron chi connectivity index (χ2n) is 6.18. The lowest BCUT2D eigenvalue weighted by Crippen LogP contribution is -2.48. The summed E-state index contributed by atoms with van der Waals surface area (Å²) in [4.78, 5) is 11.4. The van der Waals surface area contributed by atoms with Crippen molar-refractivity contribution in [2.24, 2.45) is 5.41 Å². The number of hydrogen-bond donors (Lipinski definition) is 1. The van der Waals surface area contributed by atoms with Gasteiger partial charge in [-0.1, -0.05) is 24.3 Å². The highest BCUT2D eigenvalue weighted by molar-refractivity contribution is 5.75. The van der Waals surface area contributed by atoms with Crippen LogP contribution < -0.4 is 0 Å². The van der Waals surface area contributed by atoms with Crippen LogP contribution in [0.4, 0.5) is 0 Å². The SMILES string of the molecule is Cc1ccccc1C12CCC(C(=O)O)(CC1)CC2. The quantitative estimate of drug-likeness (QED) is 0.861. The Kier molecular flexibility index (Phi) is 2.51. The summed E-state index contributed by atoms with van der Waals surface area (Å²) in [6.45, 7) is 2.18. The van der Waals surface area contributed by atoms with E-state index >= 15 is 0 Å². The van der Waals surface area contributed by atoms with Crippen LogP contribution in [0.5, 0.6) is 0 Å². The van der Waals surface area contributed by atoms with Gasteiger partial charge >= 0.3 is 5.97 Å². The van der Waals surface area contributed by atoms with E-state index in [1.165, 1.54) is 11.1 Å². The monoisotopic (exact) mass is 244 g/mol. The van der Waals surface area contributed by atoms with E-state index in [0.29, 0.717) is 0 Å². The summed E-state index contributed by atoms with van der Waals surface area (Å²) in [6.07, 6.45) is 5.71. The van der Waals surface area contributed by atoms with Crippen LogP contribution in [0.15, 0.2) is 24.3 Å². The van der Waals surface area contributed by atoms with Gasteiger partial charge in [-0.25, -0.2) is 0 Å². The minimum absolute atomic E-state index is 0.266. The van der Waals surface area contributed by atoms with E-state index in [4.69, 9.17) is 0 Å². The molecule has 1 aromatic carbocycles. The zero-order valence-corrected chi connectivity index (χ0v) is 10.9. The van der Waals surface area contributed by atoms with Crippen LogP contribution >= 0.6 is 0 Å². The van der Waals surface area contributed by atoms with Crippen molar-refractivity contribution in [1.82, 2.24) is 0 Å². The third-order valence-electron chi connectivity index (χ3n) is 5.42. The molecule has 2 nitrogen and oxygen atoms in total. The van der Waals surface area contributed by atoms with E-state index in [0.717, 1.165) is 38.5 Å². The van der Waals surface area contributed by atoms with Crippen LogP contribution in [0.2, 0.25) is 0 Å². The van der Waals surface area contributed by atoms with Crippen LogP contribution in [-0.2, 0) is 10.2 Å². The number of rotatable bonds is 2. The zero-order chi connectivity index (χ0) is 12.8. The lowest BCUT2D eigenvalue weighted by atomic mass is 9.51. The Morgan fingerprint density at radius 3 is 2.11 bits per heavy atom. The molecule has 18 heavy (non-hydrogen) atoms. The molecule has 2 bridgehead atoms. The van der Waals surface area contributed by atoms with Gasteiger partial charge in [-0.2, -0.15) is 0 Å². The number of carbonyl (C=O) groups is 1. The van der Waals surface area contributed by atoms with Crippen molar-refractivity contribution >= 4 is 5.97 Å². The average Bonchev–Trinajstić information content (AvgIpc) is 2.41. The molecule has 0 aromatic heterocycles. The van der Waals surface area contributed by atoms with Crippen LogP contribution in [0.1, 0.15) is 49.7 Å². The van der Waals surface area contributed by atoms with Crippen molar-refractivity contribution in [1.29, 1.82) is 0 Å². The molecule has 3 aliphatic rings. The lowest BCUT2D eigenvalue weighted by Gasteiger charge is -2.52. The predicted octanol–water partition coefficient (Wildman–Crippen LogP) is 3.67. The number of aryl methyl sites for hydroxylation is 1. The predicted molar refractivity (Wildman–Crippen MR) is 70.6 cm³/mol. The van der Waals surface area contributed by atoms with E-state index < -0.39 is 11.4 Å². The third kappa shape index (κ3) is 1.51. The summed E-state index contributed by atoms with van der Waals surface area (Å²) in [6, 6.07) is 8.62. The average molecular weight is 244 g/mol. The van der Waals surface area contributed by atoms with Gasteiger partial charge in [0.1, 0.15) is 0 Å². The highest BCUT2D eigenvalue weighted by Gasteiger charge is 2.53. The molecule has 0 amide bonds. The van der Waals surface area contributed by atoms with Gasteiger partial charge in [0, 0.05) is 0 Å². The molecule has 3 fully saturated rings. The molecule has 96 valence electrons. The Balaban J connectivity index is 1.94. The first-order valence-electron chi connectivity index (χ1n) is 6.88. The van der Waals surface area contributed by atoms with E-state index in [1.54, 1.807) is 0 Å². The Bertz CT molecular complexity index is 465. The maximum absolute atomic E-state index is 11.4. The fourth-order valence-corrected chi connectivity index (χ4v) is 4.08. The van der Waals surface area contributed by atoms with Crippen LogP contribution in [0.3, 0.4) is 0 Å². The van der Waals surface area contributed by atoms with Crippen molar-refractivity contribution in [2.75, 3.05) is 0 Å². The van der Waals surface area contributed by atoms with Gasteiger partial charge in [0.25, 0.3) is 0 Å². The highest BCUT2D eigenvalue weighted by atomic mass is 16.4. The molecule has 0 atom stereocenters. The van der Waals surface area contributed by atoms with Gasteiger partial charge in [0.2, 0.25) is 0 Å². The van der Waals surface area contributed by atoms with Crippen LogP contribution in [0, 0.1) is 12.3 Å². The molecule has 0 unspecified atom stereocenters. The van der Waals surface area contributed by atoms with Crippen LogP contribution in [-0.4, -0.2) is 11.1 Å². The van der Waals surface area contributed by atoms with E-state index in [1.807, 2.05) is 0 Å². The highest BCUT2D eigenvalue weighted by Crippen LogP contribution is 2.58. The van der Waals surface area contributed by atoms with E-state index in [9.17, 15) is 9.90 Å². The molecular formula is C16H20O2. The van der Waals surface area contributed by atoms with Crippen molar-refractivity contribution in [3.8, 4) is 0 Å². The second-order valence-corrected chi connectivity index (χ2v) is 6.18. The molecule has 2 heteroatoms. The number of fused-ring (bicyclic) bond motifs is 3. The number of carboxylic acids is 1. The number of benzene rings is 1. The van der Waals surface area contributed by atoms with Gasteiger partial charge in [-0.3, -0.25) is 4.79 Å². The molecule has 3 saturated carbocycles. The van der Waals surface area contributed by atoms with Gasteiger partial charge in [0.05, 0.1) is 5.41 Å². The van der Waals surface area contributed by atoms with Crippen molar-refractivity contribution in [3.63, 3.8) is 0 Å². The van der Waals surface area contributed by atoms with Gasteiger partial charge in [-0.05, 0) is 62.0 Å². The Hall–Kier alpha value is -1.31. The Morgan fingerprint density at radius 1 is 1.06 bits per heavy atom. The number of hydrogen-bond acceptors (Lipinski definition) is 1. The smallest absolute Gasteiger partial charge is 0.309 e. The van der Waals surface area contributed by atoms with E-state index in [-0.39, 0.29) is 5.41 Å². The molecule has 0 heterocycles. The summed E-state index contributed by atoms with van der Waals surface area (Å²) >= 11 is 0. The first-order chi connectivity index (χ1) is 8.58. The molecular weight excluding hydrogens is 224 g/mol. The minimum Gasteiger partial charge on any atom is -0.481 e. The van der Waals surface area contributed by atoms with Crippen molar-refractivity contribution in [2.45, 2.75) is 50.9 Å². The molecule has 0 aliphatic heterocycles. The number of aliphatic carboxylic acids is 1. The second kappa shape index (κ2) is 3.84. The Labute approximate surface area is 108 Å². The molecule has 1 N–H and O–H groups in total. The summed E-state index contributed by atoms with van der Waals surface area (Å²) in [5.74, 6) is -0.569. The van der Waals surface area contributed by atoms with Gasteiger partial charge in [0.15, 0.2) is 0 Å². The zero-order valence-electron chi connectivity index (χ0n) is 10.9. The molecule has 4 rings (SSSR count). The maximum Gasteiger partial charge on any atom is 0.309 e. The third-order valence-corrected chi connectivity index (χ3v) is 5.42. The molecule has 0 saturated heterocycles. The standard InChI is InChI=1S/C16H20O2/c1-12-4-2-3-5-13(12)15-6-9-16(10-7-15,11-8-15)14(17)18/h2-5H,6-11H2,1H3,(H,17,18). The van der Waals surface area contributed by atoms with E-state index in [2.05, 4.69) is 31.2 Å². The first kappa shape index (κ1) is 11.8. The Morgan fingerprint density at radius 2 is 1.61 bits per heavy atom. The molecule has 1 aromatic rings. The fraction of sp³-hybridized carbons (Fsp3) is 0.562. The first-order valence-corrected chi connectivity index (χ1v) is 6.88. The summed E-state index contributed by atoms with van der Waals surface area (Å²) in [5, 5.41) is 9.42. The van der Waals surface area contributed by atoms with Gasteiger partial charge < -0.3 is 5.11 Å². The minimum atomic E-state index is -0.569. The summed E-state index contributed by atoms with van der Waals surface area (Å²) in [5.41, 5.74) is 2.69. The lowest BCUT2D eigenvalue weighted by molar-refractivity contribution is -0.156. The summed E-state index contributed by atoms with van der Waals surface area (Å²) < 4.78 is 0. The summed E-state index contributed by atoms with van der Waals surface area (Å²) in [7, 11) is 0. The maximum atomic E-state index is 11.4. The molecule has 3 aliphatic carbocycles. The van der Waals surface area contributed by atoms with Crippen molar-refractivity contribution < 1.29 is 9.90 Å². The molecule has 0 spiro atoms. The number of carboxylic acid groups (broad SMARTS) is 1. The normalized spacial score (nSPS) is 34.5.